The van der Waals surface area contributed by atoms with E-state index in [9.17, 15) is 4.79 Å². The summed E-state index contributed by atoms with van der Waals surface area (Å²) in [5.74, 6) is -0.298. The number of hydrogen-bond acceptors (Lipinski definition) is 3. The molecular weight excluding hydrogens is 240 g/mol. The zero-order valence-corrected chi connectivity index (χ0v) is 11.8. The number of carbonyl (C=O) groups excluding carboxylic acids is 1. The predicted molar refractivity (Wildman–Crippen MR) is 75.6 cm³/mol. The Bertz CT molecular complexity index is 614. The van der Waals surface area contributed by atoms with E-state index in [-0.39, 0.29) is 5.97 Å². The molecule has 0 aliphatic heterocycles. The van der Waals surface area contributed by atoms with E-state index in [2.05, 4.69) is 0 Å². The molecule has 102 valence electrons. The predicted octanol–water partition coefficient (Wildman–Crippen LogP) is 2.38. The molecule has 0 saturated heterocycles. The summed E-state index contributed by atoms with van der Waals surface area (Å²) in [4.78, 5) is 11.9. The Morgan fingerprint density at radius 3 is 2.63 bits per heavy atom. The van der Waals surface area contributed by atoms with E-state index < -0.39 is 11.5 Å². The second-order valence-electron chi connectivity index (χ2n) is 5.40. The Kier molecular flexibility index (Phi) is 3.37. The van der Waals surface area contributed by atoms with Gasteiger partial charge in [0.2, 0.25) is 0 Å². The maximum Gasteiger partial charge on any atom is 0.313 e. The van der Waals surface area contributed by atoms with E-state index in [4.69, 9.17) is 10.5 Å². The average molecular weight is 260 g/mol. The number of rotatable bonds is 3. The van der Waals surface area contributed by atoms with Crippen LogP contribution < -0.4 is 5.73 Å². The third-order valence-corrected chi connectivity index (χ3v) is 3.75. The molecule has 0 fully saturated rings. The van der Waals surface area contributed by atoms with Gasteiger partial charge in [-0.15, -0.1) is 0 Å². The Labute approximate surface area is 113 Å². The van der Waals surface area contributed by atoms with Crippen LogP contribution in [0, 0.1) is 5.41 Å². The number of carbonyl (C=O) groups is 1. The third-order valence-electron chi connectivity index (χ3n) is 3.75. The highest BCUT2D eigenvalue weighted by Crippen LogP contribution is 2.36. The minimum absolute atomic E-state index is 0.298. The number of hydrogen-bond donors (Lipinski definition) is 1. The molecule has 0 radical (unpaired) electrons. The SMILES string of the molecule is COC(=O)C(C)(C)[C@H](N)c1cn(C)c2ccccc12. The van der Waals surface area contributed by atoms with Gasteiger partial charge >= 0.3 is 5.97 Å². The first kappa shape index (κ1) is 13.6. The number of nitrogens with two attached hydrogens (primary N) is 1. The minimum Gasteiger partial charge on any atom is -0.469 e. The Morgan fingerprint density at radius 2 is 2.00 bits per heavy atom. The van der Waals surface area contributed by atoms with E-state index in [0.29, 0.717) is 0 Å². The molecule has 4 heteroatoms. The first-order valence-electron chi connectivity index (χ1n) is 6.27. The van der Waals surface area contributed by atoms with Gasteiger partial charge < -0.3 is 15.0 Å². The second kappa shape index (κ2) is 4.70. The van der Waals surface area contributed by atoms with Gasteiger partial charge in [0, 0.05) is 30.2 Å². The first-order valence-corrected chi connectivity index (χ1v) is 6.27. The number of esters is 1. The molecule has 0 saturated carbocycles. The number of nitrogens with zero attached hydrogens (tertiary/aromatic N) is 1. The summed E-state index contributed by atoms with van der Waals surface area (Å²) in [6, 6.07) is 7.62. The summed E-state index contributed by atoms with van der Waals surface area (Å²) in [5.41, 5.74) is 7.62. The standard InChI is InChI=1S/C15H20N2O2/c1-15(2,14(18)19-4)13(16)11-9-17(3)12-8-6-5-7-10(11)12/h5-9,13H,16H2,1-4H3/t13-/m1/s1. The van der Waals surface area contributed by atoms with E-state index in [1.165, 1.54) is 7.11 Å². The lowest BCUT2D eigenvalue weighted by atomic mass is 9.81. The van der Waals surface area contributed by atoms with E-state index >= 15 is 0 Å². The molecule has 0 aliphatic rings. The van der Waals surface area contributed by atoms with Gasteiger partial charge in [-0.25, -0.2) is 0 Å². The zero-order chi connectivity index (χ0) is 14.2. The molecule has 0 aliphatic carbocycles. The largest absolute Gasteiger partial charge is 0.469 e. The molecule has 1 aromatic heterocycles. The van der Waals surface area contributed by atoms with Crippen molar-refractivity contribution < 1.29 is 9.53 Å². The van der Waals surface area contributed by atoms with Crippen LogP contribution in [0.15, 0.2) is 30.5 Å². The molecule has 19 heavy (non-hydrogen) atoms. The van der Waals surface area contributed by atoms with Crippen LogP contribution in [0.2, 0.25) is 0 Å². The number of aryl methyl sites for hydroxylation is 1. The van der Waals surface area contributed by atoms with E-state index in [1.54, 1.807) is 0 Å². The maximum atomic E-state index is 11.9. The minimum atomic E-state index is -0.765. The molecule has 2 rings (SSSR count). The van der Waals surface area contributed by atoms with Crippen molar-refractivity contribution in [1.82, 2.24) is 4.57 Å². The number of ether oxygens (including phenoxy) is 1. The van der Waals surface area contributed by atoms with Crippen molar-refractivity contribution in [3.8, 4) is 0 Å². The van der Waals surface area contributed by atoms with Crippen LogP contribution in [0.4, 0.5) is 0 Å². The highest BCUT2D eigenvalue weighted by atomic mass is 16.5. The van der Waals surface area contributed by atoms with E-state index in [0.717, 1.165) is 16.5 Å². The maximum absolute atomic E-state index is 11.9. The Morgan fingerprint density at radius 1 is 1.37 bits per heavy atom. The summed E-state index contributed by atoms with van der Waals surface area (Å²) in [5, 5.41) is 1.08. The van der Waals surface area contributed by atoms with Crippen molar-refractivity contribution in [2.45, 2.75) is 19.9 Å². The Balaban J connectivity index is 2.53. The molecule has 0 spiro atoms. The van der Waals surface area contributed by atoms with Gasteiger partial charge in [0.05, 0.1) is 12.5 Å². The van der Waals surface area contributed by atoms with Gasteiger partial charge in [0.1, 0.15) is 0 Å². The quantitative estimate of drug-likeness (QED) is 0.862. The van der Waals surface area contributed by atoms with Crippen LogP contribution in [0.3, 0.4) is 0 Å². The smallest absolute Gasteiger partial charge is 0.313 e. The van der Waals surface area contributed by atoms with Gasteiger partial charge in [-0.1, -0.05) is 18.2 Å². The van der Waals surface area contributed by atoms with Crippen molar-refractivity contribution in [3.63, 3.8) is 0 Å². The van der Waals surface area contributed by atoms with Crippen molar-refractivity contribution in [1.29, 1.82) is 0 Å². The first-order chi connectivity index (χ1) is 8.89. The van der Waals surface area contributed by atoms with Crippen LogP contribution in [0.1, 0.15) is 25.5 Å². The van der Waals surface area contributed by atoms with Gasteiger partial charge in [-0.3, -0.25) is 4.79 Å². The number of aromatic nitrogens is 1. The van der Waals surface area contributed by atoms with Crippen molar-refractivity contribution >= 4 is 16.9 Å². The van der Waals surface area contributed by atoms with Crippen molar-refractivity contribution in [2.75, 3.05) is 7.11 Å². The van der Waals surface area contributed by atoms with Crippen LogP contribution in [-0.2, 0) is 16.6 Å². The fourth-order valence-corrected chi connectivity index (χ4v) is 2.40. The second-order valence-corrected chi connectivity index (χ2v) is 5.40. The third kappa shape index (κ3) is 2.12. The van der Waals surface area contributed by atoms with Gasteiger partial charge in [0.15, 0.2) is 0 Å². The highest BCUT2D eigenvalue weighted by molar-refractivity contribution is 5.86. The fourth-order valence-electron chi connectivity index (χ4n) is 2.40. The van der Waals surface area contributed by atoms with Gasteiger partial charge in [-0.2, -0.15) is 0 Å². The average Bonchev–Trinajstić information content (AvgIpc) is 2.74. The van der Waals surface area contributed by atoms with Gasteiger partial charge in [0.25, 0.3) is 0 Å². The van der Waals surface area contributed by atoms with Gasteiger partial charge in [-0.05, 0) is 25.5 Å². The number of benzene rings is 1. The molecule has 2 aromatic rings. The molecule has 4 nitrogen and oxygen atoms in total. The molecular formula is C15H20N2O2. The van der Waals surface area contributed by atoms with E-state index in [1.807, 2.05) is 55.9 Å². The molecule has 2 N–H and O–H groups in total. The number of methoxy groups -OCH3 is 1. The molecule has 1 aromatic carbocycles. The monoisotopic (exact) mass is 260 g/mol. The van der Waals surface area contributed by atoms with Crippen molar-refractivity contribution in [2.24, 2.45) is 18.2 Å². The highest BCUT2D eigenvalue weighted by Gasteiger charge is 2.37. The Hall–Kier alpha value is -1.81. The zero-order valence-electron chi connectivity index (χ0n) is 11.8. The summed E-state index contributed by atoms with van der Waals surface area (Å²) >= 11 is 0. The lowest BCUT2D eigenvalue weighted by Gasteiger charge is -2.28. The summed E-state index contributed by atoms with van der Waals surface area (Å²) in [7, 11) is 3.36. The van der Waals surface area contributed by atoms with Crippen LogP contribution in [0.25, 0.3) is 10.9 Å². The van der Waals surface area contributed by atoms with Crippen LogP contribution in [0.5, 0.6) is 0 Å². The topological polar surface area (TPSA) is 57.2 Å². The summed E-state index contributed by atoms with van der Waals surface area (Å²) < 4.78 is 6.88. The normalized spacial score (nSPS) is 13.5. The number of fused-ring (bicyclic) bond motifs is 1. The molecule has 0 amide bonds. The van der Waals surface area contributed by atoms with Crippen molar-refractivity contribution in [3.05, 3.63) is 36.0 Å². The molecule has 1 heterocycles. The lowest BCUT2D eigenvalue weighted by molar-refractivity contribution is -0.152. The summed E-state index contributed by atoms with van der Waals surface area (Å²) in [6.07, 6.45) is 1.99. The fraction of sp³-hybridized carbons (Fsp3) is 0.400. The molecule has 0 unspecified atom stereocenters. The molecule has 1 atom stereocenters. The lowest BCUT2D eigenvalue weighted by Crippen LogP contribution is -2.37. The molecule has 0 bridgehead atoms. The van der Waals surface area contributed by atoms with Crippen LogP contribution in [-0.4, -0.2) is 17.6 Å². The summed E-state index contributed by atoms with van der Waals surface area (Å²) in [6.45, 7) is 3.62. The number of para-hydroxylation sites is 1. The van der Waals surface area contributed by atoms with Crippen LogP contribution >= 0.6 is 0 Å².